The molecule has 0 aromatic rings. The highest BCUT2D eigenvalue weighted by Gasteiger charge is 2.12. The Morgan fingerprint density at radius 2 is 1.93 bits per heavy atom. The van der Waals surface area contributed by atoms with E-state index in [-0.39, 0.29) is 5.78 Å². The fourth-order valence-electron chi connectivity index (χ4n) is 1.39. The van der Waals surface area contributed by atoms with Gasteiger partial charge >= 0.3 is 0 Å². The zero-order valence-corrected chi connectivity index (χ0v) is 10.1. The molecule has 0 spiro atoms. The summed E-state index contributed by atoms with van der Waals surface area (Å²) in [5, 5.41) is 0. The van der Waals surface area contributed by atoms with Gasteiger partial charge < -0.3 is 0 Å². The molecule has 0 aromatic heterocycles. The largest absolute Gasteiger partial charge is 0.294 e. The van der Waals surface area contributed by atoms with Crippen molar-refractivity contribution in [3.63, 3.8) is 0 Å². The zero-order chi connectivity index (χ0) is 11.1. The molecule has 0 amide bonds. The van der Waals surface area contributed by atoms with Gasteiger partial charge in [-0.15, -0.1) is 0 Å². The van der Waals surface area contributed by atoms with E-state index in [1.165, 1.54) is 0 Å². The highest BCUT2D eigenvalue weighted by Crippen LogP contribution is 2.03. The second-order valence-electron chi connectivity index (χ2n) is 3.88. The maximum Gasteiger partial charge on any atom is 0.172 e. The molecule has 0 rings (SSSR count). The molecular formula is C12H23NO. The Kier molecular flexibility index (Phi) is 6.46. The fraction of sp³-hybridized carbons (Fsp3) is 0.750. The molecule has 2 nitrogen and oxygen atoms in total. The van der Waals surface area contributed by atoms with Gasteiger partial charge in [0.05, 0.1) is 6.54 Å². The van der Waals surface area contributed by atoms with Gasteiger partial charge in [-0.25, -0.2) is 0 Å². The summed E-state index contributed by atoms with van der Waals surface area (Å²) in [6.07, 6.45) is 2.93. The number of Topliss-reactive ketones (excluding diaryl/α,β-unsaturated/α-hetero) is 1. The lowest BCUT2D eigenvalue weighted by molar-refractivity contribution is -0.117. The lowest BCUT2D eigenvalue weighted by Gasteiger charge is -2.23. The van der Waals surface area contributed by atoms with Crippen LogP contribution in [0.2, 0.25) is 0 Å². The first-order chi connectivity index (χ1) is 6.52. The van der Waals surface area contributed by atoms with Crippen molar-refractivity contribution in [3.8, 4) is 0 Å². The molecule has 0 N–H and O–H groups in total. The van der Waals surface area contributed by atoms with Crippen molar-refractivity contribution in [1.82, 2.24) is 4.90 Å². The normalized spacial score (nSPS) is 12.6. The summed E-state index contributed by atoms with van der Waals surface area (Å²) < 4.78 is 0. The number of hydrogen-bond acceptors (Lipinski definition) is 2. The van der Waals surface area contributed by atoms with Crippen molar-refractivity contribution in [2.24, 2.45) is 0 Å². The molecule has 82 valence electrons. The van der Waals surface area contributed by atoms with E-state index < -0.39 is 0 Å². The van der Waals surface area contributed by atoms with Crippen LogP contribution in [0.1, 0.15) is 41.0 Å². The average molecular weight is 197 g/mol. The smallest absolute Gasteiger partial charge is 0.172 e. The van der Waals surface area contributed by atoms with E-state index >= 15 is 0 Å². The van der Waals surface area contributed by atoms with Crippen molar-refractivity contribution in [3.05, 3.63) is 11.6 Å². The van der Waals surface area contributed by atoms with Crippen LogP contribution in [0.4, 0.5) is 0 Å². The van der Waals surface area contributed by atoms with E-state index in [1.54, 1.807) is 0 Å². The molecule has 0 aliphatic rings. The molecular weight excluding hydrogens is 174 g/mol. The Morgan fingerprint density at radius 3 is 2.29 bits per heavy atom. The molecule has 0 bridgehead atoms. The minimum absolute atomic E-state index is 0.252. The predicted octanol–water partition coefficient (Wildman–Crippen LogP) is 2.64. The quantitative estimate of drug-likeness (QED) is 0.610. The molecule has 0 aliphatic carbocycles. The topological polar surface area (TPSA) is 20.3 Å². The SMILES string of the molecule is CC/C=C(/C)C(=O)CN(CC)C(C)C. The average Bonchev–Trinajstić information content (AvgIpc) is 2.13. The Bertz CT molecular complexity index is 206. The van der Waals surface area contributed by atoms with Crippen molar-refractivity contribution in [2.45, 2.75) is 47.1 Å². The molecule has 0 radical (unpaired) electrons. The van der Waals surface area contributed by atoms with Crippen LogP contribution < -0.4 is 0 Å². The molecule has 2 heteroatoms. The minimum Gasteiger partial charge on any atom is -0.294 e. The van der Waals surface area contributed by atoms with Crippen LogP contribution in [0.3, 0.4) is 0 Å². The summed E-state index contributed by atoms with van der Waals surface area (Å²) in [5.74, 6) is 0.252. The van der Waals surface area contributed by atoms with Gasteiger partial charge in [-0.05, 0) is 39.3 Å². The van der Waals surface area contributed by atoms with Gasteiger partial charge in [-0.3, -0.25) is 9.69 Å². The van der Waals surface area contributed by atoms with E-state index in [9.17, 15) is 4.79 Å². The zero-order valence-electron chi connectivity index (χ0n) is 10.1. The molecule has 0 fully saturated rings. The number of carbonyl (C=O) groups excluding carboxylic acids is 1. The summed E-state index contributed by atoms with van der Waals surface area (Å²) in [5.41, 5.74) is 0.895. The van der Waals surface area contributed by atoms with Gasteiger partial charge in [0.15, 0.2) is 5.78 Å². The van der Waals surface area contributed by atoms with Crippen LogP contribution in [-0.2, 0) is 4.79 Å². The van der Waals surface area contributed by atoms with Gasteiger partial charge in [0, 0.05) is 6.04 Å². The Labute approximate surface area is 88.0 Å². The van der Waals surface area contributed by atoms with Crippen LogP contribution in [0.15, 0.2) is 11.6 Å². The van der Waals surface area contributed by atoms with Gasteiger partial charge in [-0.2, -0.15) is 0 Å². The lowest BCUT2D eigenvalue weighted by Crippen LogP contribution is -2.35. The number of allylic oxidation sites excluding steroid dienone is 1. The van der Waals surface area contributed by atoms with Crippen LogP contribution >= 0.6 is 0 Å². The third kappa shape index (κ3) is 4.56. The molecule has 0 aliphatic heterocycles. The standard InChI is InChI=1S/C12H23NO/c1-6-8-11(5)12(14)9-13(7-2)10(3)4/h8,10H,6-7,9H2,1-5H3/b11-8-. The van der Waals surface area contributed by atoms with Crippen LogP contribution in [0, 0.1) is 0 Å². The maximum atomic E-state index is 11.7. The van der Waals surface area contributed by atoms with Crippen molar-refractivity contribution < 1.29 is 4.79 Å². The second-order valence-corrected chi connectivity index (χ2v) is 3.88. The van der Waals surface area contributed by atoms with Gasteiger partial charge in [0.1, 0.15) is 0 Å². The van der Waals surface area contributed by atoms with E-state index in [2.05, 4.69) is 32.6 Å². The van der Waals surface area contributed by atoms with Gasteiger partial charge in [-0.1, -0.05) is 19.9 Å². The van der Waals surface area contributed by atoms with E-state index in [4.69, 9.17) is 0 Å². The van der Waals surface area contributed by atoms with Crippen LogP contribution in [-0.4, -0.2) is 29.8 Å². The third-order valence-electron chi connectivity index (χ3n) is 2.43. The molecule has 0 heterocycles. The Hall–Kier alpha value is -0.630. The number of likely N-dealkylation sites (N-methyl/N-ethyl adjacent to an activating group) is 1. The molecule has 14 heavy (non-hydrogen) atoms. The van der Waals surface area contributed by atoms with E-state index in [0.29, 0.717) is 12.6 Å². The maximum absolute atomic E-state index is 11.7. The van der Waals surface area contributed by atoms with E-state index in [0.717, 1.165) is 18.5 Å². The molecule has 0 saturated carbocycles. The highest BCUT2D eigenvalue weighted by molar-refractivity contribution is 5.96. The first-order valence-electron chi connectivity index (χ1n) is 5.46. The molecule has 0 unspecified atom stereocenters. The van der Waals surface area contributed by atoms with Gasteiger partial charge in [0.25, 0.3) is 0 Å². The lowest BCUT2D eigenvalue weighted by atomic mass is 10.1. The summed E-state index contributed by atoms with van der Waals surface area (Å²) in [7, 11) is 0. The summed E-state index contributed by atoms with van der Waals surface area (Å²) in [6.45, 7) is 11.8. The predicted molar refractivity (Wildman–Crippen MR) is 61.4 cm³/mol. The number of nitrogens with zero attached hydrogens (tertiary/aromatic N) is 1. The first-order valence-corrected chi connectivity index (χ1v) is 5.46. The Balaban J connectivity index is 4.22. The van der Waals surface area contributed by atoms with Crippen LogP contribution in [0.25, 0.3) is 0 Å². The monoisotopic (exact) mass is 197 g/mol. The molecule has 0 aromatic carbocycles. The number of ketones is 1. The number of carbonyl (C=O) groups is 1. The summed E-state index contributed by atoms with van der Waals surface area (Å²) in [6, 6.07) is 0.443. The molecule has 0 atom stereocenters. The van der Waals surface area contributed by atoms with Crippen molar-refractivity contribution >= 4 is 5.78 Å². The second kappa shape index (κ2) is 6.77. The third-order valence-corrected chi connectivity index (χ3v) is 2.43. The first kappa shape index (κ1) is 13.4. The summed E-state index contributed by atoms with van der Waals surface area (Å²) >= 11 is 0. The molecule has 0 saturated heterocycles. The fourth-order valence-corrected chi connectivity index (χ4v) is 1.39. The Morgan fingerprint density at radius 1 is 1.36 bits per heavy atom. The van der Waals surface area contributed by atoms with Crippen molar-refractivity contribution in [1.29, 1.82) is 0 Å². The van der Waals surface area contributed by atoms with E-state index in [1.807, 2.05) is 13.0 Å². The number of rotatable bonds is 6. The number of hydrogen-bond donors (Lipinski definition) is 0. The van der Waals surface area contributed by atoms with Crippen LogP contribution in [0.5, 0.6) is 0 Å². The summed E-state index contributed by atoms with van der Waals surface area (Å²) in [4.78, 5) is 13.9. The minimum atomic E-state index is 0.252. The van der Waals surface area contributed by atoms with Gasteiger partial charge in [0.2, 0.25) is 0 Å². The van der Waals surface area contributed by atoms with Crippen molar-refractivity contribution in [2.75, 3.05) is 13.1 Å². The highest BCUT2D eigenvalue weighted by atomic mass is 16.1.